The van der Waals surface area contributed by atoms with Crippen LogP contribution < -0.4 is 0 Å². The van der Waals surface area contributed by atoms with Crippen LogP contribution in [0.2, 0.25) is 0 Å². The predicted molar refractivity (Wildman–Crippen MR) is 238 cm³/mol. The van der Waals surface area contributed by atoms with Gasteiger partial charge in [0.25, 0.3) is 0 Å². The lowest BCUT2D eigenvalue weighted by molar-refractivity contribution is -0.167. The Morgan fingerprint density at radius 1 is 0.375 bits per heavy atom. The van der Waals surface area contributed by atoms with Crippen molar-refractivity contribution in [1.82, 2.24) is 0 Å². The Morgan fingerprint density at radius 2 is 0.679 bits per heavy atom. The zero-order chi connectivity index (χ0) is 41.2. The van der Waals surface area contributed by atoms with Gasteiger partial charge in [-0.05, 0) is 31.1 Å². The van der Waals surface area contributed by atoms with Crippen molar-refractivity contribution in [3.63, 3.8) is 0 Å². The quantitative estimate of drug-likeness (QED) is 0.0347. The normalized spacial score (nSPS) is 12.5. The topological polar surface area (TPSA) is 78.9 Å². The molecular weight excluding hydrogens is 697 g/mol. The van der Waals surface area contributed by atoms with Crippen molar-refractivity contribution in [1.29, 1.82) is 0 Å². The van der Waals surface area contributed by atoms with Crippen LogP contribution in [0.5, 0.6) is 0 Å². The van der Waals surface area contributed by atoms with Crippen LogP contribution in [0.4, 0.5) is 0 Å². The summed E-state index contributed by atoms with van der Waals surface area (Å²) in [6, 6.07) is 0. The molecule has 0 radical (unpaired) electrons. The molecule has 0 rings (SSSR count). The van der Waals surface area contributed by atoms with Gasteiger partial charge in [-0.2, -0.15) is 0 Å². The van der Waals surface area contributed by atoms with E-state index >= 15 is 0 Å². The monoisotopic (exact) mass is 793 g/mol. The Labute approximate surface area is 348 Å². The highest BCUT2D eigenvalue weighted by Crippen LogP contribution is 2.17. The Hall–Kier alpha value is -1.59. The molecule has 0 aromatic heterocycles. The number of ether oxygens (including phenoxy) is 3. The zero-order valence-corrected chi connectivity index (χ0v) is 38.3. The summed E-state index contributed by atoms with van der Waals surface area (Å²) >= 11 is 0. The van der Waals surface area contributed by atoms with E-state index in [-0.39, 0.29) is 31.1 Å². The molecule has 0 aliphatic rings. The van der Waals surface area contributed by atoms with Gasteiger partial charge in [0, 0.05) is 19.3 Å². The number of carbonyl (C=O) groups is 3. The first-order valence-corrected chi connectivity index (χ1v) is 24.8. The minimum Gasteiger partial charge on any atom is -0.462 e. The van der Waals surface area contributed by atoms with Gasteiger partial charge in [-0.25, -0.2) is 0 Å². The average molecular weight is 793 g/mol. The van der Waals surface area contributed by atoms with Crippen LogP contribution >= 0.6 is 0 Å². The van der Waals surface area contributed by atoms with Crippen LogP contribution in [-0.4, -0.2) is 37.2 Å². The maximum absolute atomic E-state index is 12.7. The molecule has 0 heterocycles. The highest BCUT2D eigenvalue weighted by atomic mass is 16.6. The van der Waals surface area contributed by atoms with Crippen molar-refractivity contribution in [3.05, 3.63) is 0 Å². The summed E-state index contributed by atoms with van der Waals surface area (Å²) in [5.74, 6) is 0.800. The summed E-state index contributed by atoms with van der Waals surface area (Å²) in [6.07, 6.45) is 42.3. The fourth-order valence-corrected chi connectivity index (χ4v) is 7.43. The molecule has 0 aliphatic heterocycles. The lowest BCUT2D eigenvalue weighted by atomic mass is 10.00. The standard InChI is InChI=1S/C50H96O6/c1-6-8-9-10-11-12-13-18-22-25-32-37-42-50(53)56-47(44-55-49(52)41-36-31-27-26-29-34-39-46(5)7-2)43-54-48(51)40-35-30-24-21-19-16-14-15-17-20-23-28-33-38-45(3)4/h45-47H,6-44H2,1-5H3/t46?,47-/m1/s1. The predicted octanol–water partition coefficient (Wildman–Crippen LogP) is 15.8. The number of carbonyl (C=O) groups excluding carboxylic acids is 3. The van der Waals surface area contributed by atoms with E-state index in [0.29, 0.717) is 19.3 Å². The maximum Gasteiger partial charge on any atom is 0.306 e. The third-order valence-corrected chi connectivity index (χ3v) is 11.6. The summed E-state index contributed by atoms with van der Waals surface area (Å²) in [5.41, 5.74) is 0. The molecule has 0 N–H and O–H groups in total. The van der Waals surface area contributed by atoms with E-state index in [1.807, 2.05) is 0 Å². The first-order chi connectivity index (χ1) is 27.3. The van der Waals surface area contributed by atoms with Crippen LogP contribution in [0.25, 0.3) is 0 Å². The van der Waals surface area contributed by atoms with Crippen LogP contribution in [0.15, 0.2) is 0 Å². The highest BCUT2D eigenvalue weighted by molar-refractivity contribution is 5.71. The molecular formula is C50H96O6. The van der Waals surface area contributed by atoms with Crippen LogP contribution in [-0.2, 0) is 28.6 Å². The van der Waals surface area contributed by atoms with Crippen molar-refractivity contribution in [2.75, 3.05) is 13.2 Å². The van der Waals surface area contributed by atoms with E-state index in [4.69, 9.17) is 14.2 Å². The lowest BCUT2D eigenvalue weighted by Gasteiger charge is -2.18. The number of hydrogen-bond acceptors (Lipinski definition) is 6. The second-order valence-corrected chi connectivity index (χ2v) is 17.8. The fourth-order valence-electron chi connectivity index (χ4n) is 7.43. The molecule has 0 aliphatic carbocycles. The number of rotatable bonds is 44. The maximum atomic E-state index is 12.7. The SMILES string of the molecule is CCCCCCCCCCCCCCC(=O)O[C@H](COC(=O)CCCCCCCCCCCCCCCC(C)C)COC(=O)CCCCCCCCC(C)CC. The second-order valence-electron chi connectivity index (χ2n) is 17.8. The van der Waals surface area contributed by atoms with E-state index in [1.165, 1.54) is 161 Å². The van der Waals surface area contributed by atoms with Gasteiger partial charge in [0.1, 0.15) is 13.2 Å². The summed E-state index contributed by atoms with van der Waals surface area (Å²) in [6.45, 7) is 11.3. The Bertz CT molecular complexity index is 856. The molecule has 0 bridgehead atoms. The smallest absolute Gasteiger partial charge is 0.306 e. The van der Waals surface area contributed by atoms with Crippen molar-refractivity contribution < 1.29 is 28.6 Å². The molecule has 0 fully saturated rings. The molecule has 332 valence electrons. The van der Waals surface area contributed by atoms with E-state index < -0.39 is 6.10 Å². The van der Waals surface area contributed by atoms with Gasteiger partial charge in [-0.1, -0.05) is 234 Å². The molecule has 56 heavy (non-hydrogen) atoms. The minimum atomic E-state index is -0.761. The molecule has 0 spiro atoms. The summed E-state index contributed by atoms with van der Waals surface area (Å²) in [7, 11) is 0. The summed E-state index contributed by atoms with van der Waals surface area (Å²) in [5, 5.41) is 0. The van der Waals surface area contributed by atoms with Crippen molar-refractivity contribution in [2.45, 2.75) is 278 Å². The van der Waals surface area contributed by atoms with Crippen LogP contribution in [0, 0.1) is 11.8 Å². The molecule has 0 aromatic rings. The molecule has 1 unspecified atom stereocenters. The fraction of sp³-hybridized carbons (Fsp3) is 0.940. The molecule has 6 nitrogen and oxygen atoms in total. The van der Waals surface area contributed by atoms with Gasteiger partial charge in [0.15, 0.2) is 6.10 Å². The zero-order valence-electron chi connectivity index (χ0n) is 38.3. The highest BCUT2D eigenvalue weighted by Gasteiger charge is 2.19. The van der Waals surface area contributed by atoms with Crippen LogP contribution in [0.3, 0.4) is 0 Å². The number of hydrogen-bond donors (Lipinski definition) is 0. The molecule has 2 atom stereocenters. The number of unbranched alkanes of at least 4 members (excludes halogenated alkanes) is 28. The third-order valence-electron chi connectivity index (χ3n) is 11.6. The Balaban J connectivity index is 4.29. The van der Waals surface area contributed by atoms with E-state index in [9.17, 15) is 14.4 Å². The molecule has 0 saturated carbocycles. The Morgan fingerprint density at radius 3 is 1.02 bits per heavy atom. The molecule has 0 amide bonds. The summed E-state index contributed by atoms with van der Waals surface area (Å²) in [4.78, 5) is 37.8. The van der Waals surface area contributed by atoms with Gasteiger partial charge in [-0.3, -0.25) is 14.4 Å². The van der Waals surface area contributed by atoms with Gasteiger partial charge in [-0.15, -0.1) is 0 Å². The molecule has 6 heteroatoms. The first-order valence-electron chi connectivity index (χ1n) is 24.8. The van der Waals surface area contributed by atoms with Crippen LogP contribution in [0.1, 0.15) is 272 Å². The molecule has 0 aromatic carbocycles. The van der Waals surface area contributed by atoms with E-state index in [0.717, 1.165) is 69.6 Å². The Kier molecular flexibility index (Phi) is 41.8. The van der Waals surface area contributed by atoms with E-state index in [2.05, 4.69) is 34.6 Å². The van der Waals surface area contributed by atoms with E-state index in [1.54, 1.807) is 0 Å². The largest absolute Gasteiger partial charge is 0.462 e. The average Bonchev–Trinajstić information content (AvgIpc) is 3.18. The van der Waals surface area contributed by atoms with Gasteiger partial charge in [0.05, 0.1) is 0 Å². The van der Waals surface area contributed by atoms with Gasteiger partial charge < -0.3 is 14.2 Å². The van der Waals surface area contributed by atoms with Crippen molar-refractivity contribution in [2.24, 2.45) is 11.8 Å². The first kappa shape index (κ1) is 54.4. The van der Waals surface area contributed by atoms with Gasteiger partial charge >= 0.3 is 17.9 Å². The van der Waals surface area contributed by atoms with Crippen molar-refractivity contribution in [3.8, 4) is 0 Å². The van der Waals surface area contributed by atoms with Gasteiger partial charge in [0.2, 0.25) is 0 Å². The second kappa shape index (κ2) is 43.0. The third kappa shape index (κ3) is 42.0. The van der Waals surface area contributed by atoms with Crippen molar-refractivity contribution >= 4 is 17.9 Å². The molecule has 0 saturated heterocycles. The number of esters is 3. The minimum absolute atomic E-state index is 0.0646. The lowest BCUT2D eigenvalue weighted by Crippen LogP contribution is -2.30. The summed E-state index contributed by atoms with van der Waals surface area (Å²) < 4.78 is 16.8.